The zero-order valence-electron chi connectivity index (χ0n) is 13.5. The number of nitrogens with zero attached hydrogens (tertiary/aromatic N) is 1. The highest BCUT2D eigenvalue weighted by Gasteiger charge is 2.32. The van der Waals surface area contributed by atoms with E-state index in [-0.39, 0.29) is 24.3 Å². The first kappa shape index (κ1) is 17.2. The maximum absolute atomic E-state index is 12.2. The summed E-state index contributed by atoms with van der Waals surface area (Å²) >= 11 is 0. The van der Waals surface area contributed by atoms with Crippen LogP contribution in [0.15, 0.2) is 0 Å². The van der Waals surface area contributed by atoms with Crippen molar-refractivity contribution in [2.24, 2.45) is 0 Å². The summed E-state index contributed by atoms with van der Waals surface area (Å²) in [5.74, 6) is 0. The lowest BCUT2D eigenvalue weighted by Gasteiger charge is -2.30. The molecule has 1 saturated heterocycles. The van der Waals surface area contributed by atoms with E-state index in [2.05, 4.69) is 12.2 Å². The van der Waals surface area contributed by atoms with Gasteiger partial charge in [0.15, 0.2) is 0 Å². The Bertz CT molecular complexity index is 313. The fraction of sp³-hybridized carbons (Fsp3) is 0.933. The summed E-state index contributed by atoms with van der Waals surface area (Å²) in [7, 11) is 0. The Morgan fingerprint density at radius 2 is 2.10 bits per heavy atom. The number of aliphatic hydroxyl groups excluding tert-OH is 1. The Balaban J connectivity index is 2.46. The topological polar surface area (TPSA) is 61.8 Å². The quantitative estimate of drug-likeness (QED) is 0.813. The number of hydrogen-bond donors (Lipinski definition) is 2. The number of aliphatic hydroxyl groups is 1. The fourth-order valence-electron chi connectivity index (χ4n) is 2.50. The second-order valence-electron chi connectivity index (χ2n) is 6.86. The molecule has 20 heavy (non-hydrogen) atoms. The molecule has 1 aliphatic rings. The molecule has 5 heteroatoms. The molecule has 0 aromatic carbocycles. The molecule has 0 aromatic rings. The van der Waals surface area contributed by atoms with E-state index in [4.69, 9.17) is 4.74 Å². The molecule has 118 valence electrons. The number of nitrogens with one attached hydrogen (secondary N) is 1. The van der Waals surface area contributed by atoms with Crippen molar-refractivity contribution in [1.82, 2.24) is 10.2 Å². The summed E-state index contributed by atoms with van der Waals surface area (Å²) in [6.07, 6.45) is 2.41. The van der Waals surface area contributed by atoms with Gasteiger partial charge in [0, 0.05) is 25.2 Å². The van der Waals surface area contributed by atoms with Crippen LogP contribution >= 0.6 is 0 Å². The number of likely N-dealkylation sites (tertiary alicyclic amines) is 1. The third-order valence-electron chi connectivity index (χ3n) is 3.39. The highest BCUT2D eigenvalue weighted by molar-refractivity contribution is 5.68. The molecule has 2 N–H and O–H groups in total. The van der Waals surface area contributed by atoms with Crippen LogP contribution in [0.3, 0.4) is 0 Å². The maximum atomic E-state index is 12.2. The Labute approximate surface area is 122 Å². The molecule has 0 radical (unpaired) electrons. The maximum Gasteiger partial charge on any atom is 0.410 e. The standard InChI is InChI=1S/C15H30N2O3/c1-11(16-10-12(2)18)9-13-7-6-8-17(13)14(19)20-15(3,4)5/h11-13,16,18H,6-10H2,1-5H3. The molecule has 1 amide bonds. The van der Waals surface area contributed by atoms with Gasteiger partial charge in [0.05, 0.1) is 6.10 Å². The molecular weight excluding hydrogens is 256 g/mol. The van der Waals surface area contributed by atoms with E-state index in [1.807, 2.05) is 25.7 Å². The second kappa shape index (κ2) is 7.27. The van der Waals surface area contributed by atoms with Crippen molar-refractivity contribution in [3.8, 4) is 0 Å². The van der Waals surface area contributed by atoms with Gasteiger partial charge in [-0.1, -0.05) is 0 Å². The van der Waals surface area contributed by atoms with Gasteiger partial charge < -0.3 is 20.1 Å². The molecule has 0 bridgehead atoms. The highest BCUT2D eigenvalue weighted by Crippen LogP contribution is 2.23. The van der Waals surface area contributed by atoms with Gasteiger partial charge in [0.1, 0.15) is 5.60 Å². The summed E-state index contributed by atoms with van der Waals surface area (Å²) in [6.45, 7) is 10.9. The van der Waals surface area contributed by atoms with Gasteiger partial charge in [-0.2, -0.15) is 0 Å². The molecule has 3 atom stereocenters. The van der Waals surface area contributed by atoms with Crippen molar-refractivity contribution in [3.05, 3.63) is 0 Å². The minimum absolute atomic E-state index is 0.206. The highest BCUT2D eigenvalue weighted by atomic mass is 16.6. The van der Waals surface area contributed by atoms with E-state index < -0.39 is 5.60 Å². The molecule has 3 unspecified atom stereocenters. The third kappa shape index (κ3) is 6.09. The predicted octanol–water partition coefficient (Wildman–Crippen LogP) is 2.13. The van der Waals surface area contributed by atoms with Crippen LogP contribution in [0.1, 0.15) is 53.9 Å². The lowest BCUT2D eigenvalue weighted by atomic mass is 10.1. The lowest BCUT2D eigenvalue weighted by molar-refractivity contribution is 0.0213. The molecule has 1 aliphatic heterocycles. The largest absolute Gasteiger partial charge is 0.444 e. The van der Waals surface area contributed by atoms with E-state index in [1.165, 1.54) is 0 Å². The zero-order valence-corrected chi connectivity index (χ0v) is 13.5. The van der Waals surface area contributed by atoms with Crippen LogP contribution in [0, 0.1) is 0 Å². The van der Waals surface area contributed by atoms with Crippen LogP contribution in [0.25, 0.3) is 0 Å². The molecule has 1 heterocycles. The van der Waals surface area contributed by atoms with Gasteiger partial charge in [-0.15, -0.1) is 0 Å². The number of hydrogen-bond acceptors (Lipinski definition) is 4. The summed E-state index contributed by atoms with van der Waals surface area (Å²) in [4.78, 5) is 14.0. The van der Waals surface area contributed by atoms with Crippen molar-refractivity contribution in [2.45, 2.75) is 77.7 Å². The summed E-state index contributed by atoms with van der Waals surface area (Å²) in [5, 5.41) is 12.6. The molecule has 0 aliphatic carbocycles. The van der Waals surface area contributed by atoms with Crippen LogP contribution in [-0.4, -0.2) is 53.0 Å². The summed E-state index contributed by atoms with van der Waals surface area (Å²) < 4.78 is 5.46. The van der Waals surface area contributed by atoms with Gasteiger partial charge in [-0.25, -0.2) is 4.79 Å². The van der Waals surface area contributed by atoms with Crippen LogP contribution in [-0.2, 0) is 4.74 Å². The first-order chi connectivity index (χ1) is 9.19. The molecule has 5 nitrogen and oxygen atoms in total. The molecule has 0 aromatic heterocycles. The van der Waals surface area contributed by atoms with E-state index in [1.54, 1.807) is 6.92 Å². The second-order valence-corrected chi connectivity index (χ2v) is 6.86. The Morgan fingerprint density at radius 1 is 1.45 bits per heavy atom. The third-order valence-corrected chi connectivity index (χ3v) is 3.39. The van der Waals surface area contributed by atoms with Gasteiger partial charge in [0.2, 0.25) is 0 Å². The number of rotatable bonds is 5. The Hall–Kier alpha value is -0.810. The van der Waals surface area contributed by atoms with Gasteiger partial charge in [-0.05, 0) is 53.9 Å². The van der Waals surface area contributed by atoms with Crippen LogP contribution in [0.5, 0.6) is 0 Å². The zero-order chi connectivity index (χ0) is 15.3. The van der Waals surface area contributed by atoms with E-state index in [9.17, 15) is 9.90 Å². The van der Waals surface area contributed by atoms with Gasteiger partial charge in [0.25, 0.3) is 0 Å². The predicted molar refractivity (Wildman–Crippen MR) is 79.7 cm³/mol. The van der Waals surface area contributed by atoms with Crippen LogP contribution < -0.4 is 5.32 Å². The monoisotopic (exact) mass is 286 g/mol. The van der Waals surface area contributed by atoms with Crippen molar-refractivity contribution < 1.29 is 14.6 Å². The summed E-state index contributed by atoms with van der Waals surface area (Å²) in [5.41, 5.74) is -0.444. The molecule has 1 fully saturated rings. The van der Waals surface area contributed by atoms with Gasteiger partial charge >= 0.3 is 6.09 Å². The fourth-order valence-corrected chi connectivity index (χ4v) is 2.50. The average molecular weight is 286 g/mol. The lowest BCUT2D eigenvalue weighted by Crippen LogP contribution is -2.43. The van der Waals surface area contributed by atoms with Crippen molar-refractivity contribution in [2.75, 3.05) is 13.1 Å². The normalized spacial score (nSPS) is 22.7. The average Bonchev–Trinajstić information content (AvgIpc) is 2.72. The number of ether oxygens (including phenoxy) is 1. The molecule has 0 spiro atoms. The first-order valence-electron chi connectivity index (χ1n) is 7.60. The van der Waals surface area contributed by atoms with Crippen LogP contribution in [0.4, 0.5) is 4.79 Å². The number of carbonyl (C=O) groups is 1. The smallest absolute Gasteiger partial charge is 0.410 e. The van der Waals surface area contributed by atoms with E-state index in [0.717, 1.165) is 25.8 Å². The Morgan fingerprint density at radius 3 is 2.65 bits per heavy atom. The molecule has 1 rings (SSSR count). The minimum Gasteiger partial charge on any atom is -0.444 e. The molecular formula is C15H30N2O3. The van der Waals surface area contributed by atoms with Crippen molar-refractivity contribution >= 4 is 6.09 Å². The van der Waals surface area contributed by atoms with Crippen LogP contribution in [0.2, 0.25) is 0 Å². The van der Waals surface area contributed by atoms with Crippen molar-refractivity contribution in [1.29, 1.82) is 0 Å². The Kier molecular flexibility index (Phi) is 6.27. The van der Waals surface area contributed by atoms with Gasteiger partial charge in [-0.3, -0.25) is 0 Å². The SMILES string of the molecule is CC(O)CNC(C)CC1CCCN1C(=O)OC(C)(C)C. The number of amides is 1. The molecule has 0 saturated carbocycles. The van der Waals surface area contributed by atoms with E-state index >= 15 is 0 Å². The van der Waals surface area contributed by atoms with E-state index in [0.29, 0.717) is 6.54 Å². The summed E-state index contributed by atoms with van der Waals surface area (Å²) in [6, 6.07) is 0.513. The van der Waals surface area contributed by atoms with Crippen molar-refractivity contribution in [3.63, 3.8) is 0 Å². The first-order valence-corrected chi connectivity index (χ1v) is 7.60. The minimum atomic E-state index is -0.444. The number of carbonyl (C=O) groups excluding carboxylic acids is 1.